The molecule has 0 radical (unpaired) electrons. The Kier molecular flexibility index (Phi) is 5.52. The van der Waals surface area contributed by atoms with Crippen LogP contribution in [0.15, 0.2) is 53.4 Å². The van der Waals surface area contributed by atoms with E-state index in [0.717, 1.165) is 12.0 Å². The first-order valence-electron chi connectivity index (χ1n) is 7.28. The van der Waals surface area contributed by atoms with Gasteiger partial charge in [0, 0.05) is 6.54 Å². The van der Waals surface area contributed by atoms with Gasteiger partial charge in [-0.2, -0.15) is 0 Å². The Morgan fingerprint density at radius 1 is 1.13 bits per heavy atom. The van der Waals surface area contributed by atoms with Crippen molar-refractivity contribution in [1.29, 1.82) is 0 Å². The van der Waals surface area contributed by atoms with Crippen molar-refractivity contribution in [2.24, 2.45) is 0 Å². The van der Waals surface area contributed by atoms with E-state index in [1.165, 1.54) is 18.2 Å². The smallest absolute Gasteiger partial charge is 0.335 e. The first-order chi connectivity index (χ1) is 10.9. The van der Waals surface area contributed by atoms with Gasteiger partial charge in [0.15, 0.2) is 0 Å². The van der Waals surface area contributed by atoms with Crippen molar-refractivity contribution in [1.82, 2.24) is 4.72 Å². The molecule has 6 heteroatoms. The van der Waals surface area contributed by atoms with Crippen LogP contribution in [0.3, 0.4) is 0 Å². The van der Waals surface area contributed by atoms with Crippen LogP contribution in [0.2, 0.25) is 0 Å². The molecule has 0 bridgehead atoms. The molecule has 2 aromatic carbocycles. The number of nitrogens with one attached hydrogen (secondary N) is 1. The van der Waals surface area contributed by atoms with Gasteiger partial charge in [-0.25, -0.2) is 17.9 Å². The molecule has 0 saturated carbocycles. The first kappa shape index (κ1) is 17.2. The van der Waals surface area contributed by atoms with Gasteiger partial charge in [0.25, 0.3) is 0 Å². The number of hydrogen-bond donors (Lipinski definition) is 2. The lowest BCUT2D eigenvalue weighted by Gasteiger charge is -2.10. The molecule has 0 aliphatic heterocycles. The quantitative estimate of drug-likeness (QED) is 0.763. The molecule has 5 nitrogen and oxygen atoms in total. The highest BCUT2D eigenvalue weighted by Crippen LogP contribution is 2.17. The van der Waals surface area contributed by atoms with Gasteiger partial charge in [-0.15, -0.1) is 0 Å². The molecule has 0 atom stereocenters. The minimum atomic E-state index is -3.71. The number of sulfonamides is 1. The standard InChI is InChI=1S/C17H19NO4S/c1-13-9-10-15(17(19)20)12-16(13)23(21,22)18-11-5-8-14-6-3-2-4-7-14/h2-4,6-7,9-10,12,18H,5,8,11H2,1H3,(H,19,20). The van der Waals surface area contributed by atoms with Gasteiger partial charge in [0.1, 0.15) is 0 Å². The molecule has 122 valence electrons. The summed E-state index contributed by atoms with van der Waals surface area (Å²) in [5.74, 6) is -1.15. The van der Waals surface area contributed by atoms with Crippen LogP contribution in [0, 0.1) is 6.92 Å². The molecule has 0 aliphatic carbocycles. The highest BCUT2D eigenvalue weighted by molar-refractivity contribution is 7.89. The molecule has 23 heavy (non-hydrogen) atoms. The van der Waals surface area contributed by atoms with E-state index in [1.54, 1.807) is 6.92 Å². The molecule has 0 aromatic heterocycles. The van der Waals surface area contributed by atoms with E-state index in [9.17, 15) is 13.2 Å². The van der Waals surface area contributed by atoms with Crippen LogP contribution in [0.25, 0.3) is 0 Å². The minimum Gasteiger partial charge on any atom is -0.478 e. The minimum absolute atomic E-state index is 0.0112. The average Bonchev–Trinajstić information content (AvgIpc) is 2.52. The van der Waals surface area contributed by atoms with Crippen molar-refractivity contribution in [3.63, 3.8) is 0 Å². The monoisotopic (exact) mass is 333 g/mol. The first-order valence-corrected chi connectivity index (χ1v) is 8.76. The molecule has 0 heterocycles. The van der Waals surface area contributed by atoms with Crippen molar-refractivity contribution in [3.8, 4) is 0 Å². The highest BCUT2D eigenvalue weighted by Gasteiger charge is 2.18. The van der Waals surface area contributed by atoms with E-state index in [-0.39, 0.29) is 10.5 Å². The molecule has 0 fully saturated rings. The summed E-state index contributed by atoms with van der Waals surface area (Å²) in [5.41, 5.74) is 1.63. The van der Waals surface area contributed by atoms with E-state index in [1.807, 2.05) is 30.3 Å². The van der Waals surface area contributed by atoms with Crippen LogP contribution in [0.1, 0.15) is 27.9 Å². The third-order valence-corrected chi connectivity index (χ3v) is 5.10. The number of carboxylic acids is 1. The van der Waals surface area contributed by atoms with Gasteiger partial charge in [-0.1, -0.05) is 36.4 Å². The van der Waals surface area contributed by atoms with E-state index >= 15 is 0 Å². The second-order valence-electron chi connectivity index (χ2n) is 5.27. The molecule has 2 rings (SSSR count). The van der Waals surface area contributed by atoms with Gasteiger partial charge < -0.3 is 5.11 Å². The maximum atomic E-state index is 12.3. The Labute approximate surface area is 136 Å². The van der Waals surface area contributed by atoms with Crippen LogP contribution < -0.4 is 4.72 Å². The number of rotatable bonds is 7. The molecule has 0 saturated heterocycles. The Morgan fingerprint density at radius 3 is 2.48 bits per heavy atom. The topological polar surface area (TPSA) is 83.5 Å². The lowest BCUT2D eigenvalue weighted by molar-refractivity contribution is 0.0696. The van der Waals surface area contributed by atoms with E-state index < -0.39 is 16.0 Å². The summed E-state index contributed by atoms with van der Waals surface area (Å²) in [4.78, 5) is 11.0. The molecule has 0 amide bonds. The third kappa shape index (κ3) is 4.64. The zero-order chi connectivity index (χ0) is 16.9. The second-order valence-corrected chi connectivity index (χ2v) is 7.01. The van der Waals surface area contributed by atoms with Gasteiger partial charge in [-0.05, 0) is 43.0 Å². The summed E-state index contributed by atoms with van der Waals surface area (Å²) in [6.45, 7) is 1.94. The molecular formula is C17H19NO4S. The van der Waals surface area contributed by atoms with Crippen molar-refractivity contribution in [2.45, 2.75) is 24.7 Å². The maximum Gasteiger partial charge on any atom is 0.335 e. The van der Waals surface area contributed by atoms with E-state index in [4.69, 9.17) is 5.11 Å². The van der Waals surface area contributed by atoms with Gasteiger partial charge in [0.05, 0.1) is 10.5 Å². The largest absolute Gasteiger partial charge is 0.478 e. The normalized spacial score (nSPS) is 11.3. The average molecular weight is 333 g/mol. The summed E-state index contributed by atoms with van der Waals surface area (Å²) in [6, 6.07) is 13.9. The number of hydrogen-bond acceptors (Lipinski definition) is 3. The van der Waals surface area contributed by atoms with Crippen molar-refractivity contribution in [2.75, 3.05) is 6.54 Å². The Morgan fingerprint density at radius 2 is 1.83 bits per heavy atom. The van der Waals surface area contributed by atoms with Crippen LogP contribution in [-0.2, 0) is 16.4 Å². The number of aryl methyl sites for hydroxylation is 2. The molecule has 0 spiro atoms. The lowest BCUT2D eigenvalue weighted by Crippen LogP contribution is -2.26. The molecule has 0 unspecified atom stereocenters. The molecular weight excluding hydrogens is 314 g/mol. The Hall–Kier alpha value is -2.18. The van der Waals surface area contributed by atoms with Crippen molar-refractivity contribution in [3.05, 3.63) is 65.2 Å². The summed E-state index contributed by atoms with van der Waals surface area (Å²) in [7, 11) is -3.71. The molecule has 0 aliphatic rings. The SMILES string of the molecule is Cc1ccc(C(=O)O)cc1S(=O)(=O)NCCCc1ccccc1. The Balaban J connectivity index is 2.01. The van der Waals surface area contributed by atoms with Crippen LogP contribution in [-0.4, -0.2) is 26.0 Å². The molecule has 2 aromatic rings. The Bertz CT molecular complexity index is 785. The molecule has 2 N–H and O–H groups in total. The fraction of sp³-hybridized carbons (Fsp3) is 0.235. The fourth-order valence-corrected chi connectivity index (χ4v) is 3.59. The fourth-order valence-electron chi connectivity index (χ4n) is 2.24. The third-order valence-electron chi connectivity index (χ3n) is 3.50. The summed E-state index contributed by atoms with van der Waals surface area (Å²) >= 11 is 0. The number of benzene rings is 2. The van der Waals surface area contributed by atoms with E-state index in [2.05, 4.69) is 4.72 Å². The number of carbonyl (C=O) groups is 1. The lowest BCUT2D eigenvalue weighted by atomic mass is 10.1. The second kappa shape index (κ2) is 7.39. The van der Waals surface area contributed by atoms with Crippen LogP contribution in [0.5, 0.6) is 0 Å². The summed E-state index contributed by atoms with van der Waals surface area (Å²) < 4.78 is 27.2. The zero-order valence-electron chi connectivity index (χ0n) is 12.8. The van der Waals surface area contributed by atoms with Crippen LogP contribution in [0.4, 0.5) is 0 Å². The van der Waals surface area contributed by atoms with Crippen molar-refractivity contribution < 1.29 is 18.3 Å². The van der Waals surface area contributed by atoms with Gasteiger partial charge in [0.2, 0.25) is 10.0 Å². The van der Waals surface area contributed by atoms with Crippen molar-refractivity contribution >= 4 is 16.0 Å². The number of carboxylic acid groups (broad SMARTS) is 1. The zero-order valence-corrected chi connectivity index (χ0v) is 13.6. The van der Waals surface area contributed by atoms with Gasteiger partial charge in [-0.3, -0.25) is 0 Å². The predicted molar refractivity (Wildman–Crippen MR) is 88.1 cm³/mol. The van der Waals surface area contributed by atoms with Gasteiger partial charge >= 0.3 is 5.97 Å². The predicted octanol–water partition coefficient (Wildman–Crippen LogP) is 2.60. The van der Waals surface area contributed by atoms with E-state index in [0.29, 0.717) is 18.5 Å². The summed E-state index contributed by atoms with van der Waals surface area (Å²) in [6.07, 6.45) is 1.44. The highest BCUT2D eigenvalue weighted by atomic mass is 32.2. The number of aromatic carboxylic acids is 1. The summed E-state index contributed by atoms with van der Waals surface area (Å²) in [5, 5.41) is 8.99. The van der Waals surface area contributed by atoms with Crippen LogP contribution >= 0.6 is 0 Å². The maximum absolute atomic E-state index is 12.3.